The van der Waals surface area contributed by atoms with Gasteiger partial charge in [0.05, 0.1) is 18.1 Å². The number of likely N-dealkylation sites (tertiary alicyclic amines) is 3. The van der Waals surface area contributed by atoms with Crippen LogP contribution in [-0.4, -0.2) is 150 Å². The third kappa shape index (κ3) is 8.48. The van der Waals surface area contributed by atoms with E-state index in [1.807, 2.05) is 18.2 Å². The number of sulfone groups is 1. The third-order valence-electron chi connectivity index (χ3n) is 13.9. The number of carbonyl (C=O) groups excluding carboxylic acids is 2. The van der Waals surface area contributed by atoms with Gasteiger partial charge in [-0.1, -0.05) is 18.7 Å². The van der Waals surface area contributed by atoms with Crippen LogP contribution in [-0.2, 0) is 29.5 Å². The van der Waals surface area contributed by atoms with Crippen LogP contribution in [0.25, 0.3) is 0 Å². The maximum Gasteiger partial charge on any atom is 0.404 e. The highest BCUT2D eigenvalue weighted by atomic mass is 32.2. The number of hydrogen-bond donors (Lipinski definition) is 1. The highest BCUT2D eigenvalue weighted by molar-refractivity contribution is 7.92. The van der Waals surface area contributed by atoms with Gasteiger partial charge in [0.25, 0.3) is 5.91 Å². The van der Waals surface area contributed by atoms with E-state index < -0.39 is 21.2 Å². The fourth-order valence-corrected chi connectivity index (χ4v) is 12.3. The monoisotopic (exact) mass is 806 g/mol. The highest BCUT2D eigenvalue weighted by Gasteiger charge is 2.54. The average Bonchev–Trinajstić information content (AvgIpc) is 3.60. The summed E-state index contributed by atoms with van der Waals surface area (Å²) in [6.45, 7) is 15.3. The summed E-state index contributed by atoms with van der Waals surface area (Å²) >= 11 is 0. The quantitative estimate of drug-likeness (QED) is 0.282. The minimum atomic E-state index is -3.56. The maximum absolute atomic E-state index is 15.0. The van der Waals surface area contributed by atoms with Crippen LogP contribution in [0, 0.1) is 23.6 Å². The summed E-state index contributed by atoms with van der Waals surface area (Å²) in [7, 11) is -3.56. The predicted octanol–water partition coefficient (Wildman–Crippen LogP) is 3.75. The summed E-state index contributed by atoms with van der Waals surface area (Å²) in [4.78, 5) is 36.3. The molecule has 5 heterocycles. The van der Waals surface area contributed by atoms with Gasteiger partial charge < -0.3 is 34.8 Å². The first-order valence-electron chi connectivity index (χ1n) is 21.0. The lowest BCUT2D eigenvalue weighted by atomic mass is 9.58. The van der Waals surface area contributed by atoms with Gasteiger partial charge in [-0.2, -0.15) is 0 Å². The van der Waals surface area contributed by atoms with Crippen molar-refractivity contribution in [3.63, 3.8) is 0 Å². The van der Waals surface area contributed by atoms with Crippen LogP contribution in [0.1, 0.15) is 44.1 Å². The number of rotatable bonds is 14. The molecule has 0 radical (unpaired) electrons. The Kier molecular flexibility index (Phi) is 12.0. The molecule has 5 aliphatic heterocycles. The Bertz CT molecular complexity index is 1870. The van der Waals surface area contributed by atoms with E-state index >= 15 is 0 Å². The molecule has 14 heteroatoms. The number of anilines is 1. The molecule has 8 rings (SSSR count). The molecule has 3 atom stereocenters. The van der Waals surface area contributed by atoms with Gasteiger partial charge in [-0.3, -0.25) is 9.69 Å². The van der Waals surface area contributed by atoms with Crippen molar-refractivity contribution in [1.82, 2.24) is 19.6 Å². The normalized spacial score (nSPS) is 25.6. The van der Waals surface area contributed by atoms with Crippen LogP contribution >= 0.6 is 0 Å². The second kappa shape index (κ2) is 17.0. The molecule has 2 N–H and O–H groups in total. The largest absolute Gasteiger partial charge is 0.446 e. The van der Waals surface area contributed by atoms with Crippen molar-refractivity contribution in [2.75, 3.05) is 103 Å². The minimum absolute atomic E-state index is 0.0781. The van der Waals surface area contributed by atoms with Gasteiger partial charge in [0.1, 0.15) is 17.2 Å². The average molecular weight is 807 g/mol. The van der Waals surface area contributed by atoms with Crippen LogP contribution in [0.3, 0.4) is 0 Å². The maximum atomic E-state index is 15.0. The molecule has 57 heavy (non-hydrogen) atoms. The first-order chi connectivity index (χ1) is 27.5. The Morgan fingerprint density at radius 3 is 2.25 bits per heavy atom. The van der Waals surface area contributed by atoms with Crippen molar-refractivity contribution in [1.29, 1.82) is 0 Å². The molecule has 0 spiro atoms. The van der Waals surface area contributed by atoms with Crippen molar-refractivity contribution in [3.8, 4) is 0 Å². The number of nitrogens with two attached hydrogens (primary N) is 1. The van der Waals surface area contributed by atoms with Crippen LogP contribution in [0.4, 0.5) is 14.9 Å². The fourth-order valence-electron chi connectivity index (χ4n) is 10.6. The number of amides is 2. The van der Waals surface area contributed by atoms with E-state index in [1.165, 1.54) is 12.5 Å². The lowest BCUT2D eigenvalue weighted by Gasteiger charge is -2.53. The number of morpholine rings is 1. The summed E-state index contributed by atoms with van der Waals surface area (Å²) in [5.41, 5.74) is 7.78. The number of nitrogens with zero attached hydrogens (tertiary/aromatic N) is 5. The van der Waals surface area contributed by atoms with Crippen LogP contribution in [0.15, 0.2) is 65.6 Å². The van der Waals surface area contributed by atoms with Crippen molar-refractivity contribution in [2.45, 2.75) is 60.2 Å². The molecule has 6 aliphatic rings. The summed E-state index contributed by atoms with van der Waals surface area (Å²) in [6, 6.07) is 14.4. The van der Waals surface area contributed by atoms with Crippen molar-refractivity contribution in [3.05, 3.63) is 72.1 Å². The van der Waals surface area contributed by atoms with Crippen LogP contribution in [0.2, 0.25) is 0 Å². The fraction of sp³-hybridized carbons (Fsp3) is 0.628. The number of primary amides is 1. The van der Waals surface area contributed by atoms with Gasteiger partial charge in [-0.15, -0.1) is 0 Å². The smallest absolute Gasteiger partial charge is 0.404 e. The van der Waals surface area contributed by atoms with Gasteiger partial charge in [0.2, 0.25) is 0 Å². The Morgan fingerprint density at radius 2 is 1.60 bits per heavy atom. The molecule has 1 aliphatic carbocycles. The topological polar surface area (TPSA) is 129 Å². The zero-order valence-electron chi connectivity index (χ0n) is 33.1. The van der Waals surface area contributed by atoms with Gasteiger partial charge in [0.15, 0.2) is 9.84 Å². The van der Waals surface area contributed by atoms with E-state index in [1.54, 1.807) is 23.1 Å². The Morgan fingerprint density at radius 1 is 0.877 bits per heavy atom. The van der Waals surface area contributed by atoms with Gasteiger partial charge in [-0.25, -0.2) is 17.6 Å². The Labute approximate surface area is 337 Å². The number of hydrogen-bond acceptors (Lipinski definition) is 10. The molecular formula is C43H59FN6O6S. The third-order valence-corrected chi connectivity index (χ3v) is 16.0. The predicted molar refractivity (Wildman–Crippen MR) is 216 cm³/mol. The van der Waals surface area contributed by atoms with Gasteiger partial charge in [-0.05, 0) is 113 Å². The summed E-state index contributed by atoms with van der Waals surface area (Å²) in [5.74, 6) is 0.505. The number of halogens is 1. The molecule has 2 aromatic rings. The first kappa shape index (κ1) is 40.2. The molecule has 1 unspecified atom stereocenters. The van der Waals surface area contributed by atoms with E-state index in [9.17, 15) is 22.4 Å². The second-order valence-corrected chi connectivity index (χ2v) is 19.6. The molecule has 0 aromatic heterocycles. The molecular weight excluding hydrogens is 748 g/mol. The lowest BCUT2D eigenvalue weighted by Crippen LogP contribution is -2.58. The minimum Gasteiger partial charge on any atom is -0.446 e. The molecule has 310 valence electrons. The van der Waals surface area contributed by atoms with E-state index in [4.69, 9.17) is 15.2 Å². The zero-order valence-corrected chi connectivity index (χ0v) is 33.9. The molecule has 2 amide bonds. The molecule has 6 fully saturated rings. The molecule has 0 bridgehead atoms. The summed E-state index contributed by atoms with van der Waals surface area (Å²) < 4.78 is 53.0. The summed E-state index contributed by atoms with van der Waals surface area (Å²) in [6.07, 6.45) is 4.84. The first-order valence-corrected chi connectivity index (χ1v) is 22.6. The highest BCUT2D eigenvalue weighted by Crippen LogP contribution is 2.52. The van der Waals surface area contributed by atoms with Gasteiger partial charge >= 0.3 is 6.09 Å². The van der Waals surface area contributed by atoms with Crippen LogP contribution in [0.5, 0.6) is 0 Å². The lowest BCUT2D eigenvalue weighted by molar-refractivity contribution is -0.130. The molecule has 2 aromatic carbocycles. The van der Waals surface area contributed by atoms with E-state index in [0.717, 1.165) is 109 Å². The number of benzene rings is 2. The van der Waals surface area contributed by atoms with Crippen LogP contribution < -0.4 is 10.6 Å². The molecule has 1 saturated carbocycles. The number of ether oxygens (including phenoxy) is 2. The SMILES string of the molecule is C=C(CN1CCOCC1)C(=O)N1CC(S(=O)(=O)c2ccc(N3CC(CN4CCC(C(CN5CCC5)(c5cccc(F)c5)[C@H]5CCC[C@@H]5OC(N)=O)CC4)C3)cc2)C1. The van der Waals surface area contributed by atoms with E-state index in [2.05, 4.69) is 32.2 Å². The van der Waals surface area contributed by atoms with Gasteiger partial charge in [0, 0.05) is 87.4 Å². The van der Waals surface area contributed by atoms with Crippen molar-refractivity contribution < 1.29 is 31.9 Å². The molecule has 12 nitrogen and oxygen atoms in total. The zero-order chi connectivity index (χ0) is 39.7. The number of piperidine rings is 1. The van der Waals surface area contributed by atoms with Crippen molar-refractivity contribution >= 4 is 27.5 Å². The van der Waals surface area contributed by atoms with E-state index in [0.29, 0.717) is 42.1 Å². The Balaban J connectivity index is 0.842. The standard InChI is InChI=1S/C43H59FN6O6S/c1-31(24-47-19-21-55-22-20-47)41(51)50-28-38(29-50)57(53,54)37-11-9-36(10-12-37)49-26-32(27-49)25-46-17-13-33(14-18-46)43(30-48-15-4-16-48,34-5-2-6-35(44)23-34)39-7-3-8-40(39)56-42(45)52/h2,5-6,9-12,23,32-33,38-40H,1,3-4,7-8,13-22,24-30H2,(H2,45,52)/t39-,40-,43?/m0/s1. The van der Waals surface area contributed by atoms with Crippen molar-refractivity contribution in [2.24, 2.45) is 23.5 Å². The summed E-state index contributed by atoms with van der Waals surface area (Å²) in [5, 5.41) is -0.612. The number of carbonyl (C=O) groups is 2. The van der Waals surface area contributed by atoms with E-state index in [-0.39, 0.29) is 42.3 Å². The Hall–Kier alpha value is -3.56. The molecule has 5 saturated heterocycles. The second-order valence-electron chi connectivity index (χ2n) is 17.4.